The molecule has 0 spiro atoms. The van der Waals surface area contributed by atoms with Gasteiger partial charge in [-0.25, -0.2) is 4.79 Å². The van der Waals surface area contributed by atoms with Crippen LogP contribution in [0.15, 0.2) is 36.5 Å². The third-order valence-electron chi connectivity index (χ3n) is 5.06. The summed E-state index contributed by atoms with van der Waals surface area (Å²) in [5, 5.41) is 0. The predicted molar refractivity (Wildman–Crippen MR) is 77.2 cm³/mol. The monoisotopic (exact) mass is 288 g/mol. The van der Waals surface area contributed by atoms with Crippen LogP contribution in [0, 0.1) is 17.8 Å². The molecule has 1 aliphatic heterocycles. The Labute approximate surface area is 124 Å². The van der Waals surface area contributed by atoms with Gasteiger partial charge in [0.15, 0.2) is 0 Å². The first-order chi connectivity index (χ1) is 9.90. The van der Waals surface area contributed by atoms with Crippen LogP contribution in [0.25, 0.3) is 0 Å². The molecule has 21 heavy (non-hydrogen) atoms. The zero-order valence-electron chi connectivity index (χ0n) is 12.3. The fourth-order valence-electron chi connectivity index (χ4n) is 4.01. The van der Waals surface area contributed by atoms with E-state index in [1.807, 2.05) is 0 Å². The number of hydrogen-bond acceptors (Lipinski definition) is 4. The van der Waals surface area contributed by atoms with Gasteiger partial charge in [-0.2, -0.15) is 0 Å². The zero-order chi connectivity index (χ0) is 15.3. The average molecular weight is 288 g/mol. The molecule has 3 aliphatic rings. The molecular weight excluding hydrogens is 268 g/mol. The Balaban J connectivity index is 1.93. The third kappa shape index (κ3) is 2.13. The third-order valence-corrected chi connectivity index (χ3v) is 5.06. The van der Waals surface area contributed by atoms with E-state index >= 15 is 0 Å². The van der Waals surface area contributed by atoms with E-state index in [1.54, 1.807) is 0 Å². The molecule has 1 saturated heterocycles. The van der Waals surface area contributed by atoms with Gasteiger partial charge in [-0.1, -0.05) is 25.3 Å². The minimum absolute atomic E-state index is 0.0162. The van der Waals surface area contributed by atoms with Gasteiger partial charge in [0.1, 0.15) is 12.2 Å². The number of esters is 2. The van der Waals surface area contributed by atoms with Gasteiger partial charge in [0.05, 0.1) is 0 Å². The molecule has 4 heteroatoms. The van der Waals surface area contributed by atoms with Crippen molar-refractivity contribution in [3.63, 3.8) is 0 Å². The van der Waals surface area contributed by atoms with Crippen molar-refractivity contribution < 1.29 is 19.1 Å². The molecule has 0 aromatic rings. The number of allylic oxidation sites excluding steroid dienone is 1. The highest BCUT2D eigenvalue weighted by Gasteiger charge is 2.53. The highest BCUT2D eigenvalue weighted by atomic mass is 16.6. The molecule has 3 fully saturated rings. The summed E-state index contributed by atoms with van der Waals surface area (Å²) in [4.78, 5) is 23.1. The van der Waals surface area contributed by atoms with E-state index in [9.17, 15) is 9.59 Å². The molecule has 1 heterocycles. The maximum atomic E-state index is 11.8. The SMILES string of the molecule is C=C1C(=O)OC2C1CCC(=C)[C@@H]1CC(OC(C)=O)C(=C)[C@H]21. The van der Waals surface area contributed by atoms with Gasteiger partial charge in [0, 0.05) is 24.3 Å². The van der Waals surface area contributed by atoms with Crippen molar-refractivity contribution in [3.8, 4) is 0 Å². The van der Waals surface area contributed by atoms with Crippen LogP contribution >= 0.6 is 0 Å². The lowest BCUT2D eigenvalue weighted by atomic mass is 9.82. The van der Waals surface area contributed by atoms with E-state index in [0.29, 0.717) is 12.0 Å². The van der Waals surface area contributed by atoms with Crippen LogP contribution in [0.3, 0.4) is 0 Å². The molecule has 0 radical (unpaired) electrons. The average Bonchev–Trinajstić information content (AvgIpc) is 2.81. The summed E-state index contributed by atoms with van der Waals surface area (Å²) in [7, 11) is 0. The second kappa shape index (κ2) is 4.86. The smallest absolute Gasteiger partial charge is 0.334 e. The van der Waals surface area contributed by atoms with Gasteiger partial charge < -0.3 is 9.47 Å². The summed E-state index contributed by atoms with van der Waals surface area (Å²) in [6.07, 6.45) is 1.84. The molecule has 2 aliphatic carbocycles. The Hall–Kier alpha value is -1.84. The number of hydrogen-bond donors (Lipinski definition) is 0. The number of fused-ring (bicyclic) bond motifs is 3. The van der Waals surface area contributed by atoms with Crippen molar-refractivity contribution in [3.05, 3.63) is 36.5 Å². The number of carbonyl (C=O) groups is 2. The highest BCUT2D eigenvalue weighted by molar-refractivity contribution is 5.91. The zero-order valence-corrected chi connectivity index (χ0v) is 12.3. The number of carbonyl (C=O) groups excluding carboxylic acids is 2. The quantitative estimate of drug-likeness (QED) is 0.423. The molecule has 0 aromatic heterocycles. The maximum absolute atomic E-state index is 11.8. The highest BCUT2D eigenvalue weighted by Crippen LogP contribution is 2.52. The van der Waals surface area contributed by atoms with E-state index in [4.69, 9.17) is 9.47 Å². The fourth-order valence-corrected chi connectivity index (χ4v) is 4.01. The van der Waals surface area contributed by atoms with Crippen molar-refractivity contribution in [2.24, 2.45) is 17.8 Å². The van der Waals surface area contributed by atoms with Crippen LogP contribution < -0.4 is 0 Å². The van der Waals surface area contributed by atoms with Crippen LogP contribution in [-0.2, 0) is 19.1 Å². The van der Waals surface area contributed by atoms with E-state index < -0.39 is 0 Å². The van der Waals surface area contributed by atoms with Crippen LogP contribution in [0.5, 0.6) is 0 Å². The molecule has 0 aromatic carbocycles. The van der Waals surface area contributed by atoms with Crippen molar-refractivity contribution >= 4 is 11.9 Å². The van der Waals surface area contributed by atoms with E-state index in [0.717, 1.165) is 24.0 Å². The largest absolute Gasteiger partial charge is 0.458 e. The molecule has 4 nitrogen and oxygen atoms in total. The molecule has 0 N–H and O–H groups in total. The Morgan fingerprint density at radius 1 is 1.29 bits per heavy atom. The summed E-state index contributed by atoms with van der Waals surface area (Å²) < 4.78 is 10.9. The molecule has 0 bridgehead atoms. The standard InChI is InChI=1S/C17H20O4/c1-8-5-6-12-9(2)17(19)21-16(12)15-10(3)14(7-13(8)15)20-11(4)18/h12-16H,1-3,5-7H2,4H3/t12?,13-,14?,15-,16?/m0/s1. The van der Waals surface area contributed by atoms with Crippen LogP contribution in [0.4, 0.5) is 0 Å². The van der Waals surface area contributed by atoms with Crippen molar-refractivity contribution in [2.45, 2.75) is 38.4 Å². The van der Waals surface area contributed by atoms with E-state index in [2.05, 4.69) is 19.7 Å². The molecule has 0 amide bonds. The maximum Gasteiger partial charge on any atom is 0.334 e. The summed E-state index contributed by atoms with van der Waals surface area (Å²) in [6.45, 7) is 13.6. The van der Waals surface area contributed by atoms with Crippen LogP contribution in [0.1, 0.15) is 26.2 Å². The molecular formula is C17H20O4. The van der Waals surface area contributed by atoms with E-state index in [-0.39, 0.29) is 41.9 Å². The normalized spacial score (nSPS) is 38.6. The summed E-state index contributed by atoms with van der Waals surface area (Å²) in [5.41, 5.74) is 2.53. The first kappa shape index (κ1) is 14.1. The molecule has 5 atom stereocenters. The molecule has 2 saturated carbocycles. The van der Waals surface area contributed by atoms with Crippen LogP contribution in [-0.4, -0.2) is 24.1 Å². The topological polar surface area (TPSA) is 52.6 Å². The Morgan fingerprint density at radius 2 is 2.00 bits per heavy atom. The molecule has 112 valence electrons. The lowest BCUT2D eigenvalue weighted by molar-refractivity contribution is -0.145. The van der Waals surface area contributed by atoms with Crippen LogP contribution in [0.2, 0.25) is 0 Å². The van der Waals surface area contributed by atoms with Gasteiger partial charge in [0.25, 0.3) is 0 Å². The van der Waals surface area contributed by atoms with Gasteiger partial charge >= 0.3 is 11.9 Å². The number of rotatable bonds is 1. The predicted octanol–water partition coefficient (Wildman–Crippen LogP) is 2.56. The summed E-state index contributed by atoms with van der Waals surface area (Å²) >= 11 is 0. The minimum Gasteiger partial charge on any atom is -0.458 e. The lowest BCUT2D eigenvalue weighted by Gasteiger charge is -2.26. The van der Waals surface area contributed by atoms with Crippen molar-refractivity contribution in [1.29, 1.82) is 0 Å². The first-order valence-electron chi connectivity index (χ1n) is 7.33. The fraction of sp³-hybridized carbons (Fsp3) is 0.529. The van der Waals surface area contributed by atoms with Crippen molar-refractivity contribution in [1.82, 2.24) is 0 Å². The Kier molecular flexibility index (Phi) is 3.27. The molecule has 3 unspecified atom stereocenters. The summed E-state index contributed by atoms with van der Waals surface area (Å²) in [6, 6.07) is 0. The van der Waals surface area contributed by atoms with Gasteiger partial charge in [-0.05, 0) is 30.8 Å². The Morgan fingerprint density at radius 3 is 2.67 bits per heavy atom. The molecule has 3 rings (SSSR count). The second-order valence-corrected chi connectivity index (χ2v) is 6.24. The van der Waals surface area contributed by atoms with Gasteiger partial charge in [-0.3, -0.25) is 4.79 Å². The first-order valence-corrected chi connectivity index (χ1v) is 7.33. The summed E-state index contributed by atoms with van der Waals surface area (Å²) in [5.74, 6) is -0.447. The van der Waals surface area contributed by atoms with Gasteiger partial charge in [0.2, 0.25) is 0 Å². The van der Waals surface area contributed by atoms with E-state index in [1.165, 1.54) is 6.92 Å². The van der Waals surface area contributed by atoms with Crippen molar-refractivity contribution in [2.75, 3.05) is 0 Å². The number of ether oxygens (including phenoxy) is 2. The second-order valence-electron chi connectivity index (χ2n) is 6.24. The minimum atomic E-state index is -0.312. The Bertz CT molecular complexity index is 559. The lowest BCUT2D eigenvalue weighted by Crippen LogP contribution is -2.29. The van der Waals surface area contributed by atoms with Gasteiger partial charge in [-0.15, -0.1) is 0 Å².